The highest BCUT2D eigenvalue weighted by Crippen LogP contribution is 2.30. The minimum Gasteiger partial charge on any atom is -0.466 e. The van der Waals surface area contributed by atoms with E-state index in [4.69, 9.17) is 4.74 Å². The Morgan fingerprint density at radius 1 is 1.33 bits per heavy atom. The molecule has 1 heterocycles. The first-order chi connectivity index (χ1) is 10.1. The van der Waals surface area contributed by atoms with E-state index in [-0.39, 0.29) is 24.2 Å². The van der Waals surface area contributed by atoms with Crippen molar-refractivity contribution in [2.45, 2.75) is 45.6 Å². The lowest BCUT2D eigenvalue weighted by Crippen LogP contribution is -2.35. The molecule has 1 aromatic rings. The first-order valence-corrected chi connectivity index (χ1v) is 7.77. The van der Waals surface area contributed by atoms with E-state index in [0.717, 1.165) is 37.1 Å². The van der Waals surface area contributed by atoms with Crippen molar-refractivity contribution in [3.63, 3.8) is 0 Å². The fourth-order valence-electron chi connectivity index (χ4n) is 3.01. The topological polar surface area (TPSA) is 29.5 Å². The summed E-state index contributed by atoms with van der Waals surface area (Å²) in [5, 5.41) is 0. The lowest BCUT2D eigenvalue weighted by molar-refractivity contribution is -0.144. The third kappa shape index (κ3) is 4.27. The van der Waals surface area contributed by atoms with E-state index in [0.29, 0.717) is 6.61 Å². The molecule has 0 bridgehead atoms. The molecule has 0 amide bonds. The van der Waals surface area contributed by atoms with E-state index in [1.807, 2.05) is 6.92 Å². The molecule has 1 aliphatic heterocycles. The predicted molar refractivity (Wildman–Crippen MR) is 80.6 cm³/mol. The number of nitrogens with zero attached hydrogens (tertiary/aromatic N) is 1. The standard InChI is InChI=1S/C17H24FNO2/c1-3-21-17(20)12-16(19-9-5-4-6-10-19)15-11-14(18)8-7-13(15)2/h7-8,11,16H,3-6,9-10,12H2,1-2H3. The Balaban J connectivity index is 2.25. The van der Waals surface area contributed by atoms with Crippen molar-refractivity contribution in [3.8, 4) is 0 Å². The molecular formula is C17H24FNO2. The Labute approximate surface area is 126 Å². The molecule has 2 rings (SSSR count). The van der Waals surface area contributed by atoms with Gasteiger partial charge in [0.15, 0.2) is 0 Å². The molecule has 116 valence electrons. The highest BCUT2D eigenvalue weighted by Gasteiger charge is 2.26. The first kappa shape index (κ1) is 16.0. The normalized spacial score (nSPS) is 17.5. The van der Waals surface area contributed by atoms with Crippen LogP contribution in [-0.4, -0.2) is 30.6 Å². The lowest BCUT2D eigenvalue weighted by atomic mass is 9.95. The third-order valence-electron chi connectivity index (χ3n) is 4.10. The average molecular weight is 293 g/mol. The highest BCUT2D eigenvalue weighted by molar-refractivity contribution is 5.70. The Morgan fingerprint density at radius 3 is 2.71 bits per heavy atom. The van der Waals surface area contributed by atoms with Crippen LogP contribution in [0.4, 0.5) is 4.39 Å². The molecule has 0 N–H and O–H groups in total. The number of carbonyl (C=O) groups is 1. The summed E-state index contributed by atoms with van der Waals surface area (Å²) in [6.45, 7) is 6.08. The molecule has 1 atom stereocenters. The summed E-state index contributed by atoms with van der Waals surface area (Å²) in [5.74, 6) is -0.460. The summed E-state index contributed by atoms with van der Waals surface area (Å²) in [4.78, 5) is 14.2. The van der Waals surface area contributed by atoms with Crippen molar-refractivity contribution >= 4 is 5.97 Å². The zero-order valence-electron chi connectivity index (χ0n) is 12.9. The van der Waals surface area contributed by atoms with E-state index in [1.165, 1.54) is 12.5 Å². The summed E-state index contributed by atoms with van der Waals surface area (Å²) in [7, 11) is 0. The zero-order valence-corrected chi connectivity index (χ0v) is 12.9. The molecular weight excluding hydrogens is 269 g/mol. The molecule has 1 saturated heterocycles. The smallest absolute Gasteiger partial charge is 0.307 e. The average Bonchev–Trinajstić information content (AvgIpc) is 2.49. The number of carbonyl (C=O) groups excluding carboxylic acids is 1. The zero-order chi connectivity index (χ0) is 15.2. The van der Waals surface area contributed by atoms with Crippen LogP contribution in [0.1, 0.15) is 49.8 Å². The molecule has 0 radical (unpaired) electrons. The van der Waals surface area contributed by atoms with E-state index in [1.54, 1.807) is 19.1 Å². The fraction of sp³-hybridized carbons (Fsp3) is 0.588. The van der Waals surface area contributed by atoms with Gasteiger partial charge >= 0.3 is 5.97 Å². The number of halogens is 1. The summed E-state index contributed by atoms with van der Waals surface area (Å²) in [6.07, 6.45) is 3.78. The number of aryl methyl sites for hydroxylation is 1. The molecule has 0 saturated carbocycles. The van der Waals surface area contributed by atoms with Gasteiger partial charge in [-0.05, 0) is 63.0 Å². The minimum atomic E-state index is -0.249. The largest absolute Gasteiger partial charge is 0.466 e. The number of hydrogen-bond acceptors (Lipinski definition) is 3. The molecule has 1 fully saturated rings. The van der Waals surface area contributed by atoms with Crippen LogP contribution in [0.15, 0.2) is 18.2 Å². The van der Waals surface area contributed by atoms with Gasteiger partial charge in [0.05, 0.1) is 13.0 Å². The van der Waals surface area contributed by atoms with Gasteiger partial charge in [-0.3, -0.25) is 9.69 Å². The second kappa shape index (κ2) is 7.55. The summed E-state index contributed by atoms with van der Waals surface area (Å²) < 4.78 is 18.7. The molecule has 21 heavy (non-hydrogen) atoms. The second-order valence-corrected chi connectivity index (χ2v) is 5.62. The van der Waals surface area contributed by atoms with E-state index in [9.17, 15) is 9.18 Å². The van der Waals surface area contributed by atoms with Crippen molar-refractivity contribution in [1.29, 1.82) is 0 Å². The van der Waals surface area contributed by atoms with Crippen molar-refractivity contribution < 1.29 is 13.9 Å². The molecule has 4 heteroatoms. The Morgan fingerprint density at radius 2 is 2.05 bits per heavy atom. The van der Waals surface area contributed by atoms with E-state index >= 15 is 0 Å². The van der Waals surface area contributed by atoms with Gasteiger partial charge < -0.3 is 4.74 Å². The van der Waals surface area contributed by atoms with Gasteiger partial charge in [-0.1, -0.05) is 12.5 Å². The Hall–Kier alpha value is -1.42. The number of likely N-dealkylation sites (tertiary alicyclic amines) is 1. The van der Waals surface area contributed by atoms with Crippen LogP contribution in [-0.2, 0) is 9.53 Å². The number of rotatable bonds is 5. The van der Waals surface area contributed by atoms with Gasteiger partial charge in [-0.15, -0.1) is 0 Å². The molecule has 1 unspecified atom stereocenters. The maximum absolute atomic E-state index is 13.6. The van der Waals surface area contributed by atoms with Crippen molar-refractivity contribution in [2.75, 3.05) is 19.7 Å². The highest BCUT2D eigenvalue weighted by atomic mass is 19.1. The van der Waals surface area contributed by atoms with Crippen LogP contribution in [0.2, 0.25) is 0 Å². The number of ether oxygens (including phenoxy) is 1. The third-order valence-corrected chi connectivity index (χ3v) is 4.10. The minimum absolute atomic E-state index is 0.0833. The first-order valence-electron chi connectivity index (χ1n) is 7.77. The van der Waals surface area contributed by atoms with Gasteiger partial charge in [0.2, 0.25) is 0 Å². The van der Waals surface area contributed by atoms with Crippen molar-refractivity contribution in [3.05, 3.63) is 35.1 Å². The SMILES string of the molecule is CCOC(=O)CC(c1cc(F)ccc1C)N1CCCCC1. The maximum Gasteiger partial charge on any atom is 0.307 e. The van der Waals surface area contributed by atoms with Crippen LogP contribution in [0, 0.1) is 12.7 Å². The van der Waals surface area contributed by atoms with Crippen LogP contribution >= 0.6 is 0 Å². The quantitative estimate of drug-likeness (QED) is 0.777. The van der Waals surface area contributed by atoms with Gasteiger partial charge in [0.1, 0.15) is 5.82 Å². The van der Waals surface area contributed by atoms with Crippen LogP contribution in [0.3, 0.4) is 0 Å². The lowest BCUT2D eigenvalue weighted by Gasteiger charge is -2.35. The fourth-order valence-corrected chi connectivity index (χ4v) is 3.01. The van der Waals surface area contributed by atoms with Gasteiger partial charge in [-0.25, -0.2) is 4.39 Å². The molecule has 0 spiro atoms. The summed E-state index contributed by atoms with van der Waals surface area (Å²) >= 11 is 0. The maximum atomic E-state index is 13.6. The van der Waals surface area contributed by atoms with Crippen LogP contribution < -0.4 is 0 Å². The van der Waals surface area contributed by atoms with Crippen LogP contribution in [0.5, 0.6) is 0 Å². The van der Waals surface area contributed by atoms with Gasteiger partial charge in [-0.2, -0.15) is 0 Å². The number of piperidine rings is 1. The molecule has 1 aromatic carbocycles. The Kier molecular flexibility index (Phi) is 5.74. The molecule has 3 nitrogen and oxygen atoms in total. The van der Waals surface area contributed by atoms with Gasteiger partial charge in [0.25, 0.3) is 0 Å². The number of benzene rings is 1. The molecule has 1 aliphatic rings. The van der Waals surface area contributed by atoms with Crippen LogP contribution in [0.25, 0.3) is 0 Å². The molecule has 0 aromatic heterocycles. The van der Waals surface area contributed by atoms with Crippen molar-refractivity contribution in [1.82, 2.24) is 4.90 Å². The Bertz CT molecular complexity index is 484. The van der Waals surface area contributed by atoms with E-state index < -0.39 is 0 Å². The van der Waals surface area contributed by atoms with Crippen molar-refractivity contribution in [2.24, 2.45) is 0 Å². The van der Waals surface area contributed by atoms with E-state index in [2.05, 4.69) is 4.90 Å². The monoisotopic (exact) mass is 293 g/mol. The summed E-state index contributed by atoms with van der Waals surface area (Å²) in [5.41, 5.74) is 1.93. The molecule has 0 aliphatic carbocycles. The van der Waals surface area contributed by atoms with Gasteiger partial charge in [0, 0.05) is 6.04 Å². The summed E-state index contributed by atoms with van der Waals surface area (Å²) in [6, 6.07) is 4.73. The number of hydrogen-bond donors (Lipinski definition) is 0. The predicted octanol–water partition coefficient (Wildman–Crippen LogP) is 3.61. The number of esters is 1. The second-order valence-electron chi connectivity index (χ2n) is 5.62.